The minimum Gasteiger partial charge on any atom is -0.480 e. The number of amides is 3. The van der Waals surface area contributed by atoms with Gasteiger partial charge in [0.1, 0.15) is 31.4 Å². The fourth-order valence-corrected chi connectivity index (χ4v) is 6.02. The monoisotopic (exact) mass is 683 g/mol. The summed E-state index contributed by atoms with van der Waals surface area (Å²) in [5.74, 6) is -6.11. The number of nitrogens with one attached hydrogen (secondary N) is 1. The van der Waals surface area contributed by atoms with Crippen molar-refractivity contribution in [2.24, 2.45) is 5.73 Å². The molecule has 1 aliphatic carbocycles. The molecule has 0 bridgehead atoms. The van der Waals surface area contributed by atoms with Crippen molar-refractivity contribution in [3.63, 3.8) is 0 Å². The van der Waals surface area contributed by atoms with Crippen LogP contribution in [0.25, 0.3) is 11.1 Å². The van der Waals surface area contributed by atoms with Crippen LogP contribution in [-0.2, 0) is 65.5 Å². The summed E-state index contributed by atoms with van der Waals surface area (Å²) in [4.78, 5) is 88.1. The maximum atomic E-state index is 14.1. The molecule has 0 radical (unpaired) electrons. The quantitative estimate of drug-likeness (QED) is 0.180. The summed E-state index contributed by atoms with van der Waals surface area (Å²) in [6.07, 6.45) is -8.19. The van der Waals surface area contributed by atoms with Crippen molar-refractivity contribution >= 4 is 41.8 Å². The van der Waals surface area contributed by atoms with E-state index in [-0.39, 0.29) is 6.61 Å². The Hall–Kier alpha value is -5.51. The Morgan fingerprint density at radius 3 is 2.16 bits per heavy atom. The van der Waals surface area contributed by atoms with Crippen molar-refractivity contribution in [1.29, 1.82) is 0 Å². The molecule has 0 saturated carbocycles. The van der Waals surface area contributed by atoms with Gasteiger partial charge in [-0.1, -0.05) is 42.5 Å². The highest BCUT2D eigenvalue weighted by atomic mass is 16.6. The van der Waals surface area contributed by atoms with Gasteiger partial charge in [0, 0.05) is 27.7 Å². The van der Waals surface area contributed by atoms with Crippen molar-refractivity contribution < 1.29 is 62.4 Å². The summed E-state index contributed by atoms with van der Waals surface area (Å²) >= 11 is 0. The number of carbonyl (C=O) groups excluding carboxylic acids is 6. The van der Waals surface area contributed by atoms with Gasteiger partial charge in [0.25, 0.3) is 0 Å². The largest absolute Gasteiger partial charge is 0.480 e. The molecular formula is C33H37N3O13. The number of carboxylic acids is 1. The van der Waals surface area contributed by atoms with E-state index in [1.54, 1.807) is 12.1 Å². The van der Waals surface area contributed by atoms with E-state index in [9.17, 15) is 38.7 Å². The lowest BCUT2D eigenvalue weighted by Gasteiger charge is -2.49. The molecule has 4 rings (SSSR count). The van der Waals surface area contributed by atoms with E-state index in [1.165, 1.54) is 0 Å². The number of rotatable bonds is 12. The van der Waals surface area contributed by atoms with Crippen LogP contribution >= 0.6 is 0 Å². The molecule has 1 aliphatic heterocycles. The molecule has 49 heavy (non-hydrogen) atoms. The van der Waals surface area contributed by atoms with E-state index in [1.807, 2.05) is 30.3 Å². The molecule has 1 fully saturated rings. The molecule has 1 heterocycles. The lowest BCUT2D eigenvalue weighted by Crippen LogP contribution is -2.71. The first-order valence-electron chi connectivity index (χ1n) is 15.2. The van der Waals surface area contributed by atoms with E-state index in [0.717, 1.165) is 49.9 Å². The number of fused-ring (bicyclic) bond motifs is 3. The van der Waals surface area contributed by atoms with Gasteiger partial charge in [-0.25, -0.2) is 9.59 Å². The zero-order valence-electron chi connectivity index (χ0n) is 27.2. The van der Waals surface area contributed by atoms with E-state index in [0.29, 0.717) is 16.9 Å². The Morgan fingerprint density at radius 1 is 0.898 bits per heavy atom. The van der Waals surface area contributed by atoms with Gasteiger partial charge in [-0.05, 0) is 34.2 Å². The van der Waals surface area contributed by atoms with Crippen molar-refractivity contribution in [3.05, 3.63) is 59.2 Å². The number of carboxylic acid groups (broad SMARTS) is 1. The SMILES string of the molecule is CC(=O)N[C@@H]1[C@@H](OC(C)=O)[C@H](OC(C)=O)[C@@H](COC(C)=O)O[C@H]1N(C(=O)OCc1cccc2c1Cc1ccccc1-2)C(CC(N)=O)C(=O)O. The first-order chi connectivity index (χ1) is 23.2. The van der Waals surface area contributed by atoms with Crippen LogP contribution < -0.4 is 11.1 Å². The van der Waals surface area contributed by atoms with Gasteiger partial charge in [0.05, 0.1) is 6.42 Å². The van der Waals surface area contributed by atoms with Crippen LogP contribution in [0.3, 0.4) is 0 Å². The molecule has 262 valence electrons. The Labute approximate surface area is 280 Å². The summed E-state index contributed by atoms with van der Waals surface area (Å²) < 4.78 is 27.7. The highest BCUT2D eigenvalue weighted by Crippen LogP contribution is 2.38. The number of hydrogen-bond donors (Lipinski definition) is 3. The molecule has 2 aliphatic rings. The fourth-order valence-electron chi connectivity index (χ4n) is 6.02. The predicted molar refractivity (Wildman–Crippen MR) is 166 cm³/mol. The fraction of sp³-hybridized carbons (Fsp3) is 0.424. The number of benzene rings is 2. The summed E-state index contributed by atoms with van der Waals surface area (Å²) in [5.41, 5.74) is 9.92. The average Bonchev–Trinajstić information content (AvgIpc) is 3.40. The lowest BCUT2D eigenvalue weighted by atomic mass is 9.93. The maximum absolute atomic E-state index is 14.1. The van der Waals surface area contributed by atoms with Gasteiger partial charge >= 0.3 is 30.0 Å². The third-order valence-electron chi connectivity index (χ3n) is 7.89. The number of primary amides is 1. The standard InChI is InChI=1S/C33H37N3O13/c1-16(37)35-28-30(48-19(4)40)29(47-18(3)39)26(15-45-17(2)38)49-31(28)36(25(32(42)43)13-27(34)41)33(44)46-14-21-9-7-11-23-22-10-6-5-8-20(22)12-24(21)23/h5-11,25-26,28-31H,12-15H2,1-4H3,(H2,34,41)(H,35,37)(H,42,43)/t25?,26-,28-,29-,30-,31-/m1/s1. The van der Waals surface area contributed by atoms with Gasteiger partial charge in [-0.2, -0.15) is 0 Å². The second kappa shape index (κ2) is 15.6. The smallest absolute Gasteiger partial charge is 0.413 e. The molecule has 6 atom stereocenters. The van der Waals surface area contributed by atoms with E-state index in [2.05, 4.69) is 5.32 Å². The Kier molecular flexibility index (Phi) is 11.6. The molecule has 16 heteroatoms. The first-order valence-corrected chi connectivity index (χ1v) is 15.2. The van der Waals surface area contributed by atoms with Gasteiger partial charge < -0.3 is 39.8 Å². The van der Waals surface area contributed by atoms with Crippen molar-refractivity contribution in [3.8, 4) is 11.1 Å². The third kappa shape index (κ3) is 8.70. The molecule has 0 spiro atoms. The van der Waals surface area contributed by atoms with Crippen molar-refractivity contribution in [2.45, 2.75) is 83.8 Å². The minimum absolute atomic E-state index is 0.340. The molecule has 0 aromatic heterocycles. The number of aliphatic carboxylic acids is 1. The van der Waals surface area contributed by atoms with Crippen LogP contribution in [0.4, 0.5) is 4.79 Å². The Bertz CT molecular complexity index is 1640. The first kappa shape index (κ1) is 36.3. The summed E-state index contributed by atoms with van der Waals surface area (Å²) in [6, 6.07) is 9.57. The molecule has 4 N–H and O–H groups in total. The van der Waals surface area contributed by atoms with Crippen LogP contribution in [0.5, 0.6) is 0 Å². The summed E-state index contributed by atoms with van der Waals surface area (Å²) in [5, 5.41) is 12.7. The minimum atomic E-state index is -2.03. The van der Waals surface area contributed by atoms with Crippen LogP contribution in [0.2, 0.25) is 0 Å². The van der Waals surface area contributed by atoms with E-state index >= 15 is 0 Å². The maximum Gasteiger partial charge on any atom is 0.413 e. The highest BCUT2D eigenvalue weighted by Gasteiger charge is 2.55. The number of esters is 3. The Morgan fingerprint density at radius 2 is 1.55 bits per heavy atom. The molecule has 1 saturated heterocycles. The van der Waals surface area contributed by atoms with Crippen molar-refractivity contribution in [2.75, 3.05) is 6.61 Å². The van der Waals surface area contributed by atoms with Crippen LogP contribution in [0, 0.1) is 0 Å². The average molecular weight is 684 g/mol. The second-order valence-electron chi connectivity index (χ2n) is 11.5. The van der Waals surface area contributed by atoms with Gasteiger partial charge in [-0.15, -0.1) is 0 Å². The molecule has 1 unspecified atom stereocenters. The molecule has 2 aromatic carbocycles. The molecule has 3 amide bonds. The van der Waals surface area contributed by atoms with Gasteiger partial charge in [0.2, 0.25) is 11.8 Å². The second-order valence-corrected chi connectivity index (χ2v) is 11.5. The third-order valence-corrected chi connectivity index (χ3v) is 7.89. The number of ether oxygens (including phenoxy) is 5. The van der Waals surface area contributed by atoms with Crippen LogP contribution in [0.15, 0.2) is 42.5 Å². The van der Waals surface area contributed by atoms with E-state index in [4.69, 9.17) is 29.4 Å². The molecule has 16 nitrogen and oxygen atoms in total. The van der Waals surface area contributed by atoms with Crippen molar-refractivity contribution in [1.82, 2.24) is 10.2 Å². The number of carbonyl (C=O) groups is 7. The highest BCUT2D eigenvalue weighted by molar-refractivity contribution is 5.87. The van der Waals surface area contributed by atoms with Crippen LogP contribution in [-0.4, -0.2) is 95.0 Å². The predicted octanol–water partition coefficient (Wildman–Crippen LogP) is 1.18. The Balaban J connectivity index is 1.78. The van der Waals surface area contributed by atoms with Gasteiger partial charge in [-0.3, -0.25) is 28.9 Å². The number of hydrogen-bond acceptors (Lipinski definition) is 12. The zero-order valence-corrected chi connectivity index (χ0v) is 27.2. The normalized spacial score (nSPS) is 21.2. The summed E-state index contributed by atoms with van der Waals surface area (Å²) in [6.45, 7) is 3.28. The molecule has 2 aromatic rings. The van der Waals surface area contributed by atoms with Crippen LogP contribution in [0.1, 0.15) is 50.8 Å². The number of nitrogens with zero attached hydrogens (tertiary/aromatic N) is 1. The summed E-state index contributed by atoms with van der Waals surface area (Å²) in [7, 11) is 0. The molecular weight excluding hydrogens is 646 g/mol. The topological polar surface area (TPSA) is 227 Å². The van der Waals surface area contributed by atoms with Gasteiger partial charge in [0.15, 0.2) is 18.4 Å². The lowest BCUT2D eigenvalue weighted by molar-refractivity contribution is -0.247. The number of nitrogens with two attached hydrogens (primary N) is 1. The zero-order chi connectivity index (χ0) is 36.0. The van der Waals surface area contributed by atoms with E-state index < -0.39 is 91.4 Å².